The van der Waals surface area contributed by atoms with Crippen molar-refractivity contribution in [2.75, 3.05) is 13.2 Å². The van der Waals surface area contributed by atoms with Crippen molar-refractivity contribution >= 4 is 24.0 Å². The molecule has 0 heterocycles. The quantitative estimate of drug-likeness (QED) is 0.169. The first-order valence-electron chi connectivity index (χ1n) is 16.5. The van der Waals surface area contributed by atoms with Crippen LogP contribution in [0.4, 0.5) is 9.59 Å². The highest BCUT2D eigenvalue weighted by Crippen LogP contribution is 2.66. The van der Waals surface area contributed by atoms with Crippen molar-refractivity contribution in [3.63, 3.8) is 0 Å². The van der Waals surface area contributed by atoms with E-state index in [-0.39, 0.29) is 24.5 Å². The summed E-state index contributed by atoms with van der Waals surface area (Å²) >= 11 is 0. The van der Waals surface area contributed by atoms with Crippen LogP contribution in [-0.4, -0.2) is 49.2 Å². The molecule has 4 aliphatic carbocycles. The molecule has 4 amide bonds. The highest BCUT2D eigenvalue weighted by molar-refractivity contribution is 5.90. The van der Waals surface area contributed by atoms with Crippen molar-refractivity contribution in [1.82, 2.24) is 16.0 Å². The van der Waals surface area contributed by atoms with Crippen LogP contribution in [0.5, 0.6) is 0 Å². The Hall–Kier alpha value is -4.86. The number of carbonyl (C=O) groups is 4. The average Bonchev–Trinajstić information content (AvgIpc) is 3.36. The van der Waals surface area contributed by atoms with Crippen molar-refractivity contribution in [3.05, 3.63) is 95.6 Å². The standard InChI is InChI=1S/C37H42N4O6/c38-33(42)31(16-8-9-17-39-35(44)46-22-24-10-2-1-3-11-24)40-34(43)32(21-37-18-25(19-37)20-37)41-36(45)47-23-30-28-14-6-4-12-26(28)27-13-5-7-15-29(27)30/h1-7,10-15,25,30-32H,8-9,16-23H2,(H2,38,42)(H,39,44)(H,40,43)(H,41,45)/t25?,31-,32-,37?/m0/s1. The third-order valence-electron chi connectivity index (χ3n) is 9.82. The highest BCUT2D eigenvalue weighted by Gasteiger charge is 2.57. The number of unbranched alkanes of at least 4 members (excludes halogenated alkanes) is 1. The second kappa shape index (κ2) is 14.3. The molecule has 0 radical (unpaired) electrons. The largest absolute Gasteiger partial charge is 0.449 e. The van der Waals surface area contributed by atoms with E-state index in [0.29, 0.717) is 38.1 Å². The lowest BCUT2D eigenvalue weighted by atomic mass is 9.43. The van der Waals surface area contributed by atoms with Gasteiger partial charge in [0.2, 0.25) is 11.8 Å². The SMILES string of the molecule is NC(=O)[C@H](CCCCNC(=O)OCc1ccccc1)NC(=O)[C@H](CC12CC(C1)C2)NC(=O)OCC1c2ccccc2-c2ccccc21. The summed E-state index contributed by atoms with van der Waals surface area (Å²) in [5, 5.41) is 8.28. The number of carbonyl (C=O) groups excluding carboxylic acids is 4. The van der Waals surface area contributed by atoms with Crippen LogP contribution in [0.15, 0.2) is 78.9 Å². The lowest BCUT2D eigenvalue weighted by Crippen LogP contribution is -2.59. The Kier molecular flexibility index (Phi) is 9.75. The zero-order chi connectivity index (χ0) is 32.8. The van der Waals surface area contributed by atoms with Gasteiger partial charge < -0.3 is 31.2 Å². The van der Waals surface area contributed by atoms with E-state index in [9.17, 15) is 19.2 Å². The second-order valence-corrected chi connectivity index (χ2v) is 13.2. The minimum absolute atomic E-state index is 0.0479. The predicted octanol–water partition coefficient (Wildman–Crippen LogP) is 5.15. The molecule has 0 aromatic heterocycles. The summed E-state index contributed by atoms with van der Waals surface area (Å²) in [7, 11) is 0. The van der Waals surface area contributed by atoms with Crippen molar-refractivity contribution in [2.45, 2.75) is 69.6 Å². The molecule has 4 aliphatic rings. The molecule has 2 atom stereocenters. The second-order valence-electron chi connectivity index (χ2n) is 13.2. The van der Waals surface area contributed by atoms with Gasteiger partial charge in [-0.3, -0.25) is 9.59 Å². The summed E-state index contributed by atoms with van der Waals surface area (Å²) < 4.78 is 11.0. The molecule has 246 valence electrons. The molecule has 3 fully saturated rings. The van der Waals surface area contributed by atoms with Gasteiger partial charge in [-0.05, 0) is 84.1 Å². The maximum atomic E-state index is 13.5. The number of fused-ring (bicyclic) bond motifs is 3. The molecule has 3 aromatic rings. The maximum Gasteiger partial charge on any atom is 0.407 e. The fourth-order valence-corrected chi connectivity index (χ4v) is 7.33. The van der Waals surface area contributed by atoms with Crippen LogP contribution in [0.1, 0.15) is 67.6 Å². The fourth-order valence-electron chi connectivity index (χ4n) is 7.33. The van der Waals surface area contributed by atoms with Crippen LogP contribution in [0.2, 0.25) is 0 Å². The van der Waals surface area contributed by atoms with Gasteiger partial charge in [0.1, 0.15) is 25.3 Å². The van der Waals surface area contributed by atoms with Gasteiger partial charge in [0.25, 0.3) is 0 Å². The number of nitrogens with one attached hydrogen (secondary N) is 3. The zero-order valence-corrected chi connectivity index (χ0v) is 26.4. The Morgan fingerprint density at radius 1 is 0.766 bits per heavy atom. The molecule has 2 bridgehead atoms. The van der Waals surface area contributed by atoms with E-state index in [2.05, 4.69) is 40.2 Å². The Morgan fingerprint density at radius 3 is 2.02 bits per heavy atom. The Bertz CT molecular complexity index is 1550. The molecule has 0 saturated heterocycles. The molecule has 3 aromatic carbocycles. The molecule has 7 rings (SSSR count). The number of nitrogens with two attached hydrogens (primary N) is 1. The van der Waals surface area contributed by atoms with Crippen molar-refractivity contribution in [1.29, 1.82) is 0 Å². The van der Waals surface area contributed by atoms with Crippen LogP contribution >= 0.6 is 0 Å². The van der Waals surface area contributed by atoms with Crippen LogP contribution < -0.4 is 21.7 Å². The third kappa shape index (κ3) is 7.59. The Morgan fingerprint density at radius 2 is 1.40 bits per heavy atom. The monoisotopic (exact) mass is 638 g/mol. The number of hydrogen-bond donors (Lipinski definition) is 4. The minimum atomic E-state index is -0.910. The fraction of sp³-hybridized carbons (Fsp3) is 0.405. The predicted molar refractivity (Wildman–Crippen MR) is 176 cm³/mol. The Labute approximate surface area is 274 Å². The first kappa shape index (κ1) is 32.1. The number of rotatable bonds is 15. The van der Waals surface area contributed by atoms with Gasteiger partial charge >= 0.3 is 12.2 Å². The van der Waals surface area contributed by atoms with E-state index in [1.54, 1.807) is 0 Å². The molecule has 3 saturated carbocycles. The Balaban J connectivity index is 0.987. The number of primary amides is 1. The summed E-state index contributed by atoms with van der Waals surface area (Å²) in [6.45, 7) is 0.664. The van der Waals surface area contributed by atoms with Gasteiger partial charge in [-0.1, -0.05) is 78.9 Å². The summed E-state index contributed by atoms with van der Waals surface area (Å²) in [4.78, 5) is 50.9. The van der Waals surface area contributed by atoms with Gasteiger partial charge in [-0.2, -0.15) is 0 Å². The number of hydrogen-bond acceptors (Lipinski definition) is 6. The number of benzene rings is 3. The summed E-state index contributed by atoms with van der Waals surface area (Å²) in [5.41, 5.74) is 11.1. The normalized spacial score (nSPS) is 19.9. The van der Waals surface area contributed by atoms with Gasteiger partial charge in [0.05, 0.1) is 0 Å². The third-order valence-corrected chi connectivity index (χ3v) is 9.82. The van der Waals surface area contributed by atoms with E-state index < -0.39 is 36.1 Å². The van der Waals surface area contributed by atoms with Crippen LogP contribution in [0, 0.1) is 11.3 Å². The number of amides is 4. The lowest BCUT2D eigenvalue weighted by molar-refractivity contribution is -0.138. The smallest absolute Gasteiger partial charge is 0.407 e. The van der Waals surface area contributed by atoms with Gasteiger partial charge in [-0.15, -0.1) is 0 Å². The van der Waals surface area contributed by atoms with Crippen molar-refractivity contribution in [3.8, 4) is 11.1 Å². The molecular formula is C37H42N4O6. The maximum absolute atomic E-state index is 13.5. The zero-order valence-electron chi connectivity index (χ0n) is 26.4. The molecule has 0 aliphatic heterocycles. The van der Waals surface area contributed by atoms with Crippen molar-refractivity contribution < 1.29 is 28.7 Å². The van der Waals surface area contributed by atoms with Gasteiger partial charge in [-0.25, -0.2) is 9.59 Å². The van der Waals surface area contributed by atoms with Crippen LogP contribution in [0.3, 0.4) is 0 Å². The molecule has 10 heteroatoms. The lowest BCUT2D eigenvalue weighted by Gasteiger charge is -2.63. The number of ether oxygens (including phenoxy) is 2. The topological polar surface area (TPSA) is 149 Å². The minimum Gasteiger partial charge on any atom is -0.449 e. The number of alkyl carbamates (subject to hydrolysis) is 2. The summed E-state index contributed by atoms with van der Waals surface area (Å²) in [6.07, 6.45) is 3.82. The van der Waals surface area contributed by atoms with E-state index in [0.717, 1.165) is 47.1 Å². The molecule has 10 nitrogen and oxygen atoms in total. The summed E-state index contributed by atoms with van der Waals surface area (Å²) in [6, 6.07) is 23.8. The van der Waals surface area contributed by atoms with E-state index >= 15 is 0 Å². The van der Waals surface area contributed by atoms with Gasteiger partial charge in [0, 0.05) is 12.5 Å². The van der Waals surface area contributed by atoms with Crippen LogP contribution in [0.25, 0.3) is 11.1 Å². The molecule has 0 unspecified atom stereocenters. The molecule has 47 heavy (non-hydrogen) atoms. The molecule has 0 spiro atoms. The molecular weight excluding hydrogens is 596 g/mol. The average molecular weight is 639 g/mol. The van der Waals surface area contributed by atoms with E-state index in [1.165, 1.54) is 0 Å². The first-order chi connectivity index (χ1) is 22.8. The summed E-state index contributed by atoms with van der Waals surface area (Å²) in [5.74, 6) is -0.498. The van der Waals surface area contributed by atoms with E-state index in [4.69, 9.17) is 15.2 Å². The highest BCUT2D eigenvalue weighted by atomic mass is 16.6. The van der Waals surface area contributed by atoms with E-state index in [1.807, 2.05) is 54.6 Å². The first-order valence-corrected chi connectivity index (χ1v) is 16.5. The van der Waals surface area contributed by atoms with Crippen molar-refractivity contribution in [2.24, 2.45) is 17.1 Å². The van der Waals surface area contributed by atoms with Gasteiger partial charge in [0.15, 0.2) is 0 Å². The van der Waals surface area contributed by atoms with Crippen LogP contribution in [-0.2, 0) is 25.7 Å². The molecule has 5 N–H and O–H groups in total.